The molecule has 0 atom stereocenters. The molecule has 1 saturated heterocycles. The molecule has 1 aromatic heterocycles. The first-order valence-electron chi connectivity index (χ1n) is 8.52. The second kappa shape index (κ2) is 6.89. The van der Waals surface area contributed by atoms with Gasteiger partial charge < -0.3 is 9.64 Å². The summed E-state index contributed by atoms with van der Waals surface area (Å²) >= 11 is 0. The molecule has 5 heteroatoms. The van der Waals surface area contributed by atoms with Crippen LogP contribution < -0.4 is 4.74 Å². The topological polar surface area (TPSA) is 55.3 Å². The van der Waals surface area contributed by atoms with Gasteiger partial charge in [-0.05, 0) is 30.7 Å². The molecule has 5 nitrogen and oxygen atoms in total. The molecule has 2 heterocycles. The van der Waals surface area contributed by atoms with Crippen LogP contribution in [0.2, 0.25) is 0 Å². The van der Waals surface area contributed by atoms with Crippen LogP contribution in [0.1, 0.15) is 12.8 Å². The number of para-hydroxylation sites is 2. The molecule has 1 amide bonds. The van der Waals surface area contributed by atoms with Crippen molar-refractivity contribution in [2.45, 2.75) is 12.8 Å². The van der Waals surface area contributed by atoms with Crippen molar-refractivity contribution in [2.24, 2.45) is 0 Å². The molecule has 0 bridgehead atoms. The molecule has 0 N–H and O–H groups in total. The number of hydrogen-bond donors (Lipinski definition) is 0. The van der Waals surface area contributed by atoms with Crippen molar-refractivity contribution in [3.63, 3.8) is 0 Å². The average Bonchev–Trinajstić information content (AvgIpc) is 3.06. The maximum absolute atomic E-state index is 11.6. The minimum atomic E-state index is 0.226. The van der Waals surface area contributed by atoms with Gasteiger partial charge in [0.2, 0.25) is 5.91 Å². The molecule has 25 heavy (non-hydrogen) atoms. The smallest absolute Gasteiger partial charge is 0.222 e. The summed E-state index contributed by atoms with van der Waals surface area (Å²) in [6.07, 6.45) is 3.40. The molecule has 0 radical (unpaired) electrons. The van der Waals surface area contributed by atoms with Gasteiger partial charge in [-0.3, -0.25) is 9.78 Å². The number of benzene rings is 2. The van der Waals surface area contributed by atoms with Crippen LogP contribution in [-0.4, -0.2) is 40.5 Å². The van der Waals surface area contributed by atoms with Gasteiger partial charge in [-0.25, -0.2) is 4.98 Å². The highest BCUT2D eigenvalue weighted by molar-refractivity contribution is 5.78. The first-order valence-corrected chi connectivity index (χ1v) is 8.52. The van der Waals surface area contributed by atoms with Crippen LogP contribution in [0.25, 0.3) is 22.3 Å². The molecular weight excluding hydrogens is 314 g/mol. The van der Waals surface area contributed by atoms with E-state index in [9.17, 15) is 4.79 Å². The van der Waals surface area contributed by atoms with E-state index >= 15 is 0 Å². The van der Waals surface area contributed by atoms with Crippen LogP contribution >= 0.6 is 0 Å². The first-order chi connectivity index (χ1) is 12.3. The molecule has 1 aliphatic rings. The summed E-state index contributed by atoms with van der Waals surface area (Å²) in [6, 6.07) is 15.6. The Kier molecular flexibility index (Phi) is 4.29. The van der Waals surface area contributed by atoms with E-state index in [1.807, 2.05) is 53.4 Å². The van der Waals surface area contributed by atoms with Gasteiger partial charge in [0.1, 0.15) is 12.4 Å². The van der Waals surface area contributed by atoms with Gasteiger partial charge in [0.05, 0.1) is 29.5 Å². The van der Waals surface area contributed by atoms with Crippen LogP contribution in [0, 0.1) is 0 Å². The largest absolute Gasteiger partial charge is 0.492 e. The minimum Gasteiger partial charge on any atom is -0.492 e. The van der Waals surface area contributed by atoms with Gasteiger partial charge in [-0.15, -0.1) is 0 Å². The van der Waals surface area contributed by atoms with Gasteiger partial charge in [-0.1, -0.05) is 24.3 Å². The van der Waals surface area contributed by atoms with E-state index in [0.717, 1.165) is 41.0 Å². The Labute approximate surface area is 146 Å². The van der Waals surface area contributed by atoms with E-state index in [1.54, 1.807) is 6.20 Å². The number of aromatic nitrogens is 2. The highest BCUT2D eigenvalue weighted by Crippen LogP contribution is 2.23. The SMILES string of the molecule is O=C1CCCN1CCOc1cccc(-c2cnc3ccccc3n2)c1. The molecule has 126 valence electrons. The lowest BCUT2D eigenvalue weighted by molar-refractivity contribution is -0.128. The molecule has 1 fully saturated rings. The van der Waals surface area contributed by atoms with E-state index in [0.29, 0.717) is 19.6 Å². The standard InChI is InChI=1S/C20H19N3O2/c24-20-9-4-10-23(20)11-12-25-16-6-3-5-15(13-16)19-14-21-17-7-1-2-8-18(17)22-19/h1-3,5-8,13-14H,4,9-12H2. The second-order valence-electron chi connectivity index (χ2n) is 6.10. The third-order valence-corrected chi connectivity index (χ3v) is 4.38. The fourth-order valence-electron chi connectivity index (χ4n) is 3.06. The maximum Gasteiger partial charge on any atom is 0.222 e. The molecule has 2 aromatic carbocycles. The number of hydrogen-bond acceptors (Lipinski definition) is 4. The predicted octanol–water partition coefficient (Wildman–Crippen LogP) is 3.30. The van der Waals surface area contributed by atoms with Crippen LogP contribution in [-0.2, 0) is 4.79 Å². The van der Waals surface area contributed by atoms with E-state index in [-0.39, 0.29) is 5.91 Å². The molecule has 0 saturated carbocycles. The van der Waals surface area contributed by atoms with Gasteiger partial charge in [0.25, 0.3) is 0 Å². The average molecular weight is 333 g/mol. The van der Waals surface area contributed by atoms with Crippen LogP contribution in [0.4, 0.5) is 0 Å². The normalized spacial score (nSPS) is 14.2. The fraction of sp³-hybridized carbons (Fsp3) is 0.250. The number of rotatable bonds is 5. The number of carbonyl (C=O) groups is 1. The highest BCUT2D eigenvalue weighted by atomic mass is 16.5. The van der Waals surface area contributed by atoms with Gasteiger partial charge in [-0.2, -0.15) is 0 Å². The summed E-state index contributed by atoms with van der Waals surface area (Å²) in [4.78, 5) is 22.6. The summed E-state index contributed by atoms with van der Waals surface area (Å²) in [5.41, 5.74) is 3.54. The molecule has 4 rings (SSSR count). The van der Waals surface area contributed by atoms with Gasteiger partial charge in [0.15, 0.2) is 0 Å². The number of likely N-dealkylation sites (tertiary alicyclic amines) is 1. The van der Waals surface area contributed by atoms with Gasteiger partial charge in [0, 0.05) is 18.5 Å². The lowest BCUT2D eigenvalue weighted by atomic mass is 10.1. The summed E-state index contributed by atoms with van der Waals surface area (Å²) in [5, 5.41) is 0. The lowest BCUT2D eigenvalue weighted by Gasteiger charge is -2.16. The van der Waals surface area contributed by atoms with Crippen LogP contribution in [0.3, 0.4) is 0 Å². The zero-order valence-corrected chi connectivity index (χ0v) is 13.9. The zero-order chi connectivity index (χ0) is 17.1. The number of ether oxygens (including phenoxy) is 1. The number of nitrogens with zero attached hydrogens (tertiary/aromatic N) is 3. The van der Waals surface area contributed by atoms with Crippen LogP contribution in [0.15, 0.2) is 54.7 Å². The third-order valence-electron chi connectivity index (χ3n) is 4.38. The zero-order valence-electron chi connectivity index (χ0n) is 13.9. The van der Waals surface area contributed by atoms with E-state index in [4.69, 9.17) is 4.74 Å². The van der Waals surface area contributed by atoms with E-state index in [2.05, 4.69) is 9.97 Å². The predicted molar refractivity (Wildman–Crippen MR) is 96.3 cm³/mol. The third kappa shape index (κ3) is 3.45. The van der Waals surface area contributed by atoms with Crippen molar-refractivity contribution >= 4 is 16.9 Å². The quantitative estimate of drug-likeness (QED) is 0.719. The Bertz CT molecular complexity index is 910. The highest BCUT2D eigenvalue weighted by Gasteiger charge is 2.19. The Hall–Kier alpha value is -2.95. The number of carbonyl (C=O) groups excluding carboxylic acids is 1. The van der Waals surface area contributed by atoms with Crippen molar-refractivity contribution in [3.05, 3.63) is 54.7 Å². The maximum atomic E-state index is 11.6. The molecule has 0 spiro atoms. The van der Waals surface area contributed by atoms with Crippen molar-refractivity contribution in [1.29, 1.82) is 0 Å². The summed E-state index contributed by atoms with van der Waals surface area (Å²) in [6.45, 7) is 1.98. The van der Waals surface area contributed by atoms with Crippen molar-refractivity contribution in [1.82, 2.24) is 14.9 Å². The molecule has 3 aromatic rings. The Morgan fingerprint density at radius 2 is 1.96 bits per heavy atom. The summed E-state index contributed by atoms with van der Waals surface area (Å²) in [7, 11) is 0. The molecule has 0 unspecified atom stereocenters. The summed E-state index contributed by atoms with van der Waals surface area (Å²) < 4.78 is 5.82. The Morgan fingerprint density at radius 3 is 2.80 bits per heavy atom. The number of fused-ring (bicyclic) bond motifs is 1. The molecule has 0 aliphatic carbocycles. The van der Waals surface area contributed by atoms with Gasteiger partial charge >= 0.3 is 0 Å². The second-order valence-corrected chi connectivity index (χ2v) is 6.10. The monoisotopic (exact) mass is 333 g/mol. The Morgan fingerprint density at radius 1 is 1.08 bits per heavy atom. The number of amides is 1. The van der Waals surface area contributed by atoms with Crippen LogP contribution in [0.5, 0.6) is 5.75 Å². The van der Waals surface area contributed by atoms with Crippen molar-refractivity contribution < 1.29 is 9.53 Å². The fourth-order valence-corrected chi connectivity index (χ4v) is 3.06. The Balaban J connectivity index is 1.47. The summed E-state index contributed by atoms with van der Waals surface area (Å²) in [5.74, 6) is 1.00. The lowest BCUT2D eigenvalue weighted by Crippen LogP contribution is -2.29. The van der Waals surface area contributed by atoms with E-state index in [1.165, 1.54) is 0 Å². The van der Waals surface area contributed by atoms with Crippen molar-refractivity contribution in [2.75, 3.05) is 19.7 Å². The van der Waals surface area contributed by atoms with E-state index < -0.39 is 0 Å². The first kappa shape index (κ1) is 15.6. The molecule has 1 aliphatic heterocycles. The minimum absolute atomic E-state index is 0.226. The molecular formula is C20H19N3O2. The van der Waals surface area contributed by atoms with Crippen molar-refractivity contribution in [3.8, 4) is 17.0 Å².